The van der Waals surface area contributed by atoms with Gasteiger partial charge in [-0.3, -0.25) is 4.79 Å². The predicted octanol–water partition coefficient (Wildman–Crippen LogP) is 3.01. The highest BCUT2D eigenvalue weighted by Gasteiger charge is 2.24. The third kappa shape index (κ3) is 3.76. The van der Waals surface area contributed by atoms with Gasteiger partial charge in [0.2, 0.25) is 0 Å². The summed E-state index contributed by atoms with van der Waals surface area (Å²) in [6.45, 7) is 0. The SMILES string of the molecule is O=C(NC1CCCCCC1O)c1ccc(F)cc1Br. The lowest BCUT2D eigenvalue weighted by atomic mass is 10.1. The zero-order valence-corrected chi connectivity index (χ0v) is 12.1. The number of amides is 1. The van der Waals surface area contributed by atoms with Crippen molar-refractivity contribution in [3.8, 4) is 0 Å². The third-order valence-electron chi connectivity index (χ3n) is 3.47. The van der Waals surface area contributed by atoms with E-state index in [9.17, 15) is 14.3 Å². The molecule has 1 aromatic carbocycles. The van der Waals surface area contributed by atoms with Crippen molar-refractivity contribution in [1.82, 2.24) is 5.32 Å². The summed E-state index contributed by atoms with van der Waals surface area (Å²) in [6, 6.07) is 3.74. The molecule has 104 valence electrons. The quantitative estimate of drug-likeness (QED) is 0.819. The van der Waals surface area contributed by atoms with Crippen LogP contribution in [0.2, 0.25) is 0 Å². The molecule has 0 spiro atoms. The summed E-state index contributed by atoms with van der Waals surface area (Å²) < 4.78 is 13.4. The first-order valence-corrected chi connectivity index (χ1v) is 7.31. The fourth-order valence-electron chi connectivity index (χ4n) is 2.38. The fourth-order valence-corrected chi connectivity index (χ4v) is 2.91. The molecule has 5 heteroatoms. The maximum absolute atomic E-state index is 13.0. The fraction of sp³-hybridized carbons (Fsp3) is 0.500. The van der Waals surface area contributed by atoms with Crippen LogP contribution in [-0.2, 0) is 0 Å². The molecule has 19 heavy (non-hydrogen) atoms. The minimum Gasteiger partial charge on any atom is -0.391 e. The molecule has 2 unspecified atom stereocenters. The zero-order valence-electron chi connectivity index (χ0n) is 10.5. The molecule has 0 aromatic heterocycles. The van der Waals surface area contributed by atoms with Gasteiger partial charge < -0.3 is 10.4 Å². The lowest BCUT2D eigenvalue weighted by Crippen LogP contribution is -2.42. The molecule has 1 fully saturated rings. The van der Waals surface area contributed by atoms with Crippen molar-refractivity contribution < 1.29 is 14.3 Å². The van der Waals surface area contributed by atoms with Crippen LogP contribution >= 0.6 is 15.9 Å². The average Bonchev–Trinajstić information content (AvgIpc) is 2.55. The van der Waals surface area contributed by atoms with Crippen LogP contribution in [-0.4, -0.2) is 23.2 Å². The van der Waals surface area contributed by atoms with Crippen molar-refractivity contribution in [3.63, 3.8) is 0 Å². The molecule has 3 nitrogen and oxygen atoms in total. The van der Waals surface area contributed by atoms with E-state index in [0.717, 1.165) is 32.1 Å². The molecule has 1 aliphatic rings. The van der Waals surface area contributed by atoms with Crippen molar-refractivity contribution in [2.75, 3.05) is 0 Å². The van der Waals surface area contributed by atoms with Crippen molar-refractivity contribution >= 4 is 21.8 Å². The van der Waals surface area contributed by atoms with Crippen LogP contribution in [0.1, 0.15) is 42.5 Å². The Morgan fingerprint density at radius 1 is 1.32 bits per heavy atom. The maximum atomic E-state index is 13.0. The van der Waals surface area contributed by atoms with E-state index >= 15 is 0 Å². The number of rotatable bonds is 2. The van der Waals surface area contributed by atoms with Gasteiger partial charge in [-0.1, -0.05) is 19.3 Å². The topological polar surface area (TPSA) is 49.3 Å². The Labute approximate surface area is 120 Å². The number of nitrogens with one attached hydrogen (secondary N) is 1. The molecule has 0 aliphatic heterocycles. The largest absolute Gasteiger partial charge is 0.391 e. The molecule has 2 atom stereocenters. The van der Waals surface area contributed by atoms with Crippen LogP contribution in [0.5, 0.6) is 0 Å². The van der Waals surface area contributed by atoms with Crippen LogP contribution in [0.25, 0.3) is 0 Å². The van der Waals surface area contributed by atoms with Gasteiger partial charge in [-0.15, -0.1) is 0 Å². The first-order chi connectivity index (χ1) is 9.08. The maximum Gasteiger partial charge on any atom is 0.252 e. The smallest absolute Gasteiger partial charge is 0.252 e. The lowest BCUT2D eigenvalue weighted by Gasteiger charge is -2.22. The van der Waals surface area contributed by atoms with Gasteiger partial charge in [-0.2, -0.15) is 0 Å². The van der Waals surface area contributed by atoms with Gasteiger partial charge in [0.05, 0.1) is 17.7 Å². The van der Waals surface area contributed by atoms with Crippen LogP contribution in [0.15, 0.2) is 22.7 Å². The van der Waals surface area contributed by atoms with Gasteiger partial charge in [-0.25, -0.2) is 4.39 Å². The molecule has 1 aliphatic carbocycles. The van der Waals surface area contributed by atoms with E-state index in [4.69, 9.17) is 0 Å². The molecule has 0 radical (unpaired) electrons. The number of aliphatic hydroxyl groups is 1. The van der Waals surface area contributed by atoms with Crippen molar-refractivity contribution in [2.24, 2.45) is 0 Å². The van der Waals surface area contributed by atoms with Gasteiger partial charge in [0.15, 0.2) is 0 Å². The molecular formula is C14H17BrFNO2. The highest BCUT2D eigenvalue weighted by atomic mass is 79.9. The Bertz CT molecular complexity index is 467. The minimum atomic E-state index is -0.495. The zero-order chi connectivity index (χ0) is 13.8. The molecule has 1 saturated carbocycles. The number of carbonyl (C=O) groups excluding carboxylic acids is 1. The van der Waals surface area contributed by atoms with E-state index in [1.54, 1.807) is 0 Å². The molecule has 1 aromatic rings. The first kappa shape index (κ1) is 14.5. The summed E-state index contributed by atoms with van der Waals surface area (Å²) in [6.07, 6.45) is 4.09. The van der Waals surface area contributed by atoms with Gasteiger partial charge in [-0.05, 0) is 47.0 Å². The van der Waals surface area contributed by atoms with Gasteiger partial charge in [0, 0.05) is 4.47 Å². The minimum absolute atomic E-state index is 0.216. The Morgan fingerprint density at radius 3 is 2.79 bits per heavy atom. The second-order valence-corrected chi connectivity index (χ2v) is 5.76. The number of benzene rings is 1. The van der Waals surface area contributed by atoms with E-state index in [0.29, 0.717) is 10.0 Å². The first-order valence-electron chi connectivity index (χ1n) is 6.52. The molecule has 0 heterocycles. The Kier molecular flexibility index (Phi) is 4.93. The number of hydrogen-bond donors (Lipinski definition) is 2. The van der Waals surface area contributed by atoms with Gasteiger partial charge >= 0.3 is 0 Å². The van der Waals surface area contributed by atoms with Gasteiger partial charge in [0.1, 0.15) is 5.82 Å². The van der Waals surface area contributed by atoms with Crippen molar-refractivity contribution in [1.29, 1.82) is 0 Å². The number of halogens is 2. The second-order valence-electron chi connectivity index (χ2n) is 4.91. The van der Waals surface area contributed by atoms with Crippen molar-refractivity contribution in [3.05, 3.63) is 34.1 Å². The lowest BCUT2D eigenvalue weighted by molar-refractivity contribution is 0.0818. The average molecular weight is 330 g/mol. The number of aliphatic hydroxyl groups excluding tert-OH is 1. The Hall–Kier alpha value is -0.940. The van der Waals surface area contributed by atoms with Crippen LogP contribution in [0, 0.1) is 5.82 Å². The van der Waals surface area contributed by atoms with Gasteiger partial charge in [0.25, 0.3) is 5.91 Å². The Balaban J connectivity index is 2.07. The second kappa shape index (κ2) is 6.48. The standard InChI is InChI=1S/C14H17BrFNO2/c15-11-8-9(16)6-7-10(11)14(19)17-12-4-2-1-3-5-13(12)18/h6-8,12-13,18H,1-5H2,(H,17,19). The van der Waals surface area contributed by atoms with E-state index in [2.05, 4.69) is 21.2 Å². The van der Waals surface area contributed by atoms with Crippen LogP contribution < -0.4 is 5.32 Å². The van der Waals surface area contributed by atoms with E-state index < -0.39 is 11.9 Å². The number of hydrogen-bond acceptors (Lipinski definition) is 2. The van der Waals surface area contributed by atoms with Crippen LogP contribution in [0.3, 0.4) is 0 Å². The Morgan fingerprint density at radius 2 is 2.05 bits per heavy atom. The molecular weight excluding hydrogens is 313 g/mol. The third-order valence-corrected chi connectivity index (χ3v) is 4.13. The normalized spacial score (nSPS) is 23.7. The number of carbonyl (C=O) groups is 1. The van der Waals surface area contributed by atoms with E-state index in [1.807, 2.05) is 0 Å². The summed E-state index contributed by atoms with van der Waals surface area (Å²) in [5.74, 6) is -0.671. The summed E-state index contributed by atoms with van der Waals surface area (Å²) in [7, 11) is 0. The highest BCUT2D eigenvalue weighted by molar-refractivity contribution is 9.10. The van der Waals surface area contributed by atoms with Crippen molar-refractivity contribution in [2.45, 2.75) is 44.2 Å². The highest BCUT2D eigenvalue weighted by Crippen LogP contribution is 2.21. The van der Waals surface area contributed by atoms with Crippen LogP contribution in [0.4, 0.5) is 4.39 Å². The molecule has 2 rings (SSSR count). The summed E-state index contributed by atoms with van der Waals surface area (Å²) in [5, 5.41) is 12.8. The molecule has 0 saturated heterocycles. The van der Waals surface area contributed by atoms with E-state index in [-0.39, 0.29) is 11.9 Å². The molecule has 1 amide bonds. The summed E-state index contributed by atoms with van der Waals surface area (Å²) in [4.78, 5) is 12.1. The molecule has 2 N–H and O–H groups in total. The summed E-state index contributed by atoms with van der Waals surface area (Å²) in [5.41, 5.74) is 0.387. The summed E-state index contributed by atoms with van der Waals surface area (Å²) >= 11 is 3.18. The van der Waals surface area contributed by atoms with E-state index in [1.165, 1.54) is 18.2 Å². The monoisotopic (exact) mass is 329 g/mol. The predicted molar refractivity (Wildman–Crippen MR) is 74.4 cm³/mol. The molecule has 0 bridgehead atoms.